The van der Waals surface area contributed by atoms with Crippen molar-refractivity contribution in [1.29, 1.82) is 0 Å². The van der Waals surface area contributed by atoms with E-state index in [1.54, 1.807) is 20.0 Å². The van der Waals surface area contributed by atoms with Crippen molar-refractivity contribution in [2.45, 2.75) is 18.7 Å². The Morgan fingerprint density at radius 2 is 1.63 bits per heavy atom. The molecule has 1 aromatic heterocycles. The summed E-state index contributed by atoms with van der Waals surface area (Å²) in [5, 5.41) is 0.763. The van der Waals surface area contributed by atoms with Gasteiger partial charge >= 0.3 is 0 Å². The van der Waals surface area contributed by atoms with E-state index in [9.17, 15) is 18.0 Å². The van der Waals surface area contributed by atoms with Gasteiger partial charge in [0.2, 0.25) is 10.0 Å². The lowest BCUT2D eigenvalue weighted by atomic mass is 10.2. The van der Waals surface area contributed by atoms with Crippen LogP contribution >= 0.6 is 0 Å². The predicted molar refractivity (Wildman–Crippen MR) is 114 cm³/mol. The molecular weight excluding hydrogens is 404 g/mol. The molecule has 3 aromatic rings. The zero-order valence-corrected chi connectivity index (χ0v) is 17.9. The van der Waals surface area contributed by atoms with Crippen molar-refractivity contribution in [3.63, 3.8) is 0 Å². The van der Waals surface area contributed by atoms with Crippen LogP contribution in [0, 0.1) is 0 Å². The molecule has 0 unspecified atom stereocenters. The van der Waals surface area contributed by atoms with Crippen LogP contribution in [-0.4, -0.2) is 42.2 Å². The fourth-order valence-electron chi connectivity index (χ4n) is 3.29. The normalized spacial score (nSPS) is 11.6. The minimum absolute atomic E-state index is 0.0271. The highest BCUT2D eigenvalue weighted by atomic mass is 32.2. The number of hydrazine groups is 1. The van der Waals surface area contributed by atoms with E-state index >= 15 is 0 Å². The van der Waals surface area contributed by atoms with Crippen LogP contribution in [-0.2, 0) is 17.1 Å². The summed E-state index contributed by atoms with van der Waals surface area (Å²) in [5.41, 5.74) is 6.19. The number of nitrogens with one attached hydrogen (secondary N) is 2. The number of para-hydroxylation sites is 1. The van der Waals surface area contributed by atoms with Gasteiger partial charge in [0.05, 0.1) is 10.5 Å². The Labute approximate surface area is 175 Å². The summed E-state index contributed by atoms with van der Waals surface area (Å²) in [6, 6.07) is 13.2. The highest BCUT2D eigenvalue weighted by Crippen LogP contribution is 2.20. The van der Waals surface area contributed by atoms with Gasteiger partial charge in [-0.25, -0.2) is 8.42 Å². The Morgan fingerprint density at radius 3 is 2.33 bits per heavy atom. The third-order valence-electron chi connectivity index (χ3n) is 4.87. The van der Waals surface area contributed by atoms with Gasteiger partial charge in [0, 0.05) is 42.8 Å². The summed E-state index contributed by atoms with van der Waals surface area (Å²) in [7, 11) is -1.86. The second-order valence-electron chi connectivity index (χ2n) is 6.70. The van der Waals surface area contributed by atoms with E-state index < -0.39 is 21.8 Å². The van der Waals surface area contributed by atoms with Crippen molar-refractivity contribution in [3.05, 3.63) is 65.9 Å². The molecule has 0 fully saturated rings. The summed E-state index contributed by atoms with van der Waals surface area (Å²) >= 11 is 0. The number of aromatic nitrogens is 1. The second-order valence-corrected chi connectivity index (χ2v) is 8.63. The molecule has 30 heavy (non-hydrogen) atoms. The van der Waals surface area contributed by atoms with Crippen LogP contribution < -0.4 is 10.9 Å². The number of fused-ring (bicyclic) bond motifs is 1. The number of sulfonamides is 1. The minimum Gasteiger partial charge on any atom is -0.350 e. The van der Waals surface area contributed by atoms with Crippen LogP contribution in [0.3, 0.4) is 0 Å². The Morgan fingerprint density at radius 1 is 0.967 bits per heavy atom. The molecule has 2 amide bonds. The maximum atomic E-state index is 12.7. The Hall–Kier alpha value is -3.17. The van der Waals surface area contributed by atoms with E-state index in [1.165, 1.54) is 28.6 Å². The molecule has 1 heterocycles. The topological polar surface area (TPSA) is 101 Å². The molecule has 9 heteroatoms. The van der Waals surface area contributed by atoms with Crippen LogP contribution in [0.2, 0.25) is 0 Å². The quantitative estimate of drug-likeness (QED) is 0.588. The fraction of sp³-hybridized carbons (Fsp3) is 0.238. The molecule has 0 aliphatic rings. The smallest absolute Gasteiger partial charge is 0.271 e. The largest absolute Gasteiger partial charge is 0.350 e. The molecule has 8 nitrogen and oxygen atoms in total. The van der Waals surface area contributed by atoms with E-state index in [0.29, 0.717) is 18.7 Å². The van der Waals surface area contributed by atoms with Crippen molar-refractivity contribution >= 4 is 32.7 Å². The van der Waals surface area contributed by atoms with Gasteiger partial charge in [0.1, 0.15) is 0 Å². The van der Waals surface area contributed by atoms with Crippen LogP contribution in [0.25, 0.3) is 10.9 Å². The molecule has 0 bridgehead atoms. The Bertz CT molecular complexity index is 1200. The van der Waals surface area contributed by atoms with Crippen LogP contribution in [0.4, 0.5) is 0 Å². The van der Waals surface area contributed by atoms with Crippen molar-refractivity contribution in [2.75, 3.05) is 13.1 Å². The maximum Gasteiger partial charge on any atom is 0.271 e. The van der Waals surface area contributed by atoms with Gasteiger partial charge in [-0.05, 0) is 24.3 Å². The molecule has 3 rings (SSSR count). The Kier molecular flexibility index (Phi) is 6.23. The van der Waals surface area contributed by atoms with Crippen molar-refractivity contribution < 1.29 is 18.0 Å². The van der Waals surface area contributed by atoms with Gasteiger partial charge in [-0.15, -0.1) is 0 Å². The number of hydrogen-bond donors (Lipinski definition) is 2. The highest BCUT2D eigenvalue weighted by Gasteiger charge is 2.22. The summed E-state index contributed by atoms with van der Waals surface area (Å²) in [6.07, 6.45) is 1.68. The molecule has 0 spiro atoms. The third-order valence-corrected chi connectivity index (χ3v) is 6.92. The summed E-state index contributed by atoms with van der Waals surface area (Å²) < 4.78 is 28.5. The number of amides is 2. The maximum absolute atomic E-state index is 12.7. The lowest BCUT2D eigenvalue weighted by Crippen LogP contribution is -2.41. The molecule has 0 aliphatic carbocycles. The summed E-state index contributed by atoms with van der Waals surface area (Å²) in [5.74, 6) is -1.08. The van der Waals surface area contributed by atoms with E-state index in [-0.39, 0.29) is 10.5 Å². The second kappa shape index (κ2) is 8.68. The molecule has 0 atom stereocenters. The number of nitrogens with zero attached hydrogens (tertiary/aromatic N) is 2. The zero-order valence-electron chi connectivity index (χ0n) is 17.0. The molecule has 0 radical (unpaired) electrons. The van der Waals surface area contributed by atoms with E-state index in [2.05, 4.69) is 10.9 Å². The third kappa shape index (κ3) is 4.07. The summed E-state index contributed by atoms with van der Waals surface area (Å²) in [4.78, 5) is 25.1. The number of hydrogen-bond acceptors (Lipinski definition) is 4. The predicted octanol–water partition coefficient (Wildman–Crippen LogP) is 2.28. The Balaban J connectivity index is 1.76. The van der Waals surface area contributed by atoms with Gasteiger partial charge in [-0.3, -0.25) is 20.4 Å². The molecule has 0 saturated carbocycles. The summed E-state index contributed by atoms with van der Waals surface area (Å²) in [6.45, 7) is 4.16. The molecule has 0 saturated heterocycles. The fourth-order valence-corrected chi connectivity index (χ4v) is 4.79. The van der Waals surface area contributed by atoms with Gasteiger partial charge in [-0.1, -0.05) is 38.1 Å². The number of rotatable bonds is 6. The average molecular weight is 429 g/mol. The standard InChI is InChI=1S/C21H24N4O4S/c1-4-25(5-2)30(28,29)16-10-8-9-15(13-16)20(26)22-23-21(27)18-14-24(3)19-12-7-6-11-17(18)19/h6-14H,4-5H2,1-3H3,(H,22,26)(H,23,27). The first-order chi connectivity index (χ1) is 14.3. The molecule has 2 aromatic carbocycles. The molecule has 0 aliphatic heterocycles. The number of aryl methyl sites for hydroxylation is 1. The monoisotopic (exact) mass is 428 g/mol. The number of carbonyl (C=O) groups is 2. The first-order valence-corrected chi connectivity index (χ1v) is 11.0. The molecule has 158 valence electrons. The van der Waals surface area contributed by atoms with Crippen molar-refractivity contribution in [2.24, 2.45) is 7.05 Å². The van der Waals surface area contributed by atoms with Gasteiger partial charge in [0.25, 0.3) is 11.8 Å². The van der Waals surface area contributed by atoms with E-state index in [1.807, 2.05) is 35.9 Å². The van der Waals surface area contributed by atoms with Crippen molar-refractivity contribution in [3.8, 4) is 0 Å². The number of benzene rings is 2. The van der Waals surface area contributed by atoms with Crippen LogP contribution in [0.1, 0.15) is 34.6 Å². The first kappa shape index (κ1) is 21.5. The average Bonchev–Trinajstić information content (AvgIpc) is 3.09. The number of carbonyl (C=O) groups excluding carboxylic acids is 2. The van der Waals surface area contributed by atoms with E-state index in [0.717, 1.165) is 10.9 Å². The highest BCUT2D eigenvalue weighted by molar-refractivity contribution is 7.89. The lowest BCUT2D eigenvalue weighted by Gasteiger charge is -2.18. The first-order valence-electron chi connectivity index (χ1n) is 9.54. The van der Waals surface area contributed by atoms with E-state index in [4.69, 9.17) is 0 Å². The zero-order chi connectivity index (χ0) is 21.9. The molecular formula is C21H24N4O4S. The molecule has 2 N–H and O–H groups in total. The van der Waals surface area contributed by atoms with Crippen molar-refractivity contribution in [1.82, 2.24) is 19.7 Å². The SMILES string of the molecule is CCN(CC)S(=O)(=O)c1cccc(C(=O)NNC(=O)c2cn(C)c3ccccc23)c1. The van der Waals surface area contributed by atoms with Crippen LogP contribution in [0.5, 0.6) is 0 Å². The van der Waals surface area contributed by atoms with Crippen LogP contribution in [0.15, 0.2) is 59.6 Å². The van der Waals surface area contributed by atoms with Gasteiger partial charge in [-0.2, -0.15) is 4.31 Å². The van der Waals surface area contributed by atoms with Gasteiger partial charge in [0.15, 0.2) is 0 Å². The van der Waals surface area contributed by atoms with Gasteiger partial charge < -0.3 is 4.57 Å². The lowest BCUT2D eigenvalue weighted by molar-refractivity contribution is 0.0847. The minimum atomic E-state index is -3.69.